The van der Waals surface area contributed by atoms with Crippen LogP contribution in [0.15, 0.2) is 36.0 Å². The van der Waals surface area contributed by atoms with Crippen molar-refractivity contribution in [2.75, 3.05) is 5.32 Å². The molecule has 0 aromatic heterocycles. The lowest BCUT2D eigenvalue weighted by Gasteiger charge is -2.54. The first kappa shape index (κ1) is 19.3. The van der Waals surface area contributed by atoms with Crippen LogP contribution in [0.1, 0.15) is 40.5 Å². The third-order valence-corrected chi connectivity index (χ3v) is 4.81. The van der Waals surface area contributed by atoms with Gasteiger partial charge in [0.1, 0.15) is 11.6 Å². The molecule has 134 valence electrons. The molecular weight excluding hydrogens is 336 g/mol. The SMILES string of the molecule is CC1(C)CC(N)CC(C)(C)N1/C=C(/C#N)C(=O)Nc1ccc(Cl)cc1. The highest BCUT2D eigenvalue weighted by Gasteiger charge is 2.43. The first-order valence-electron chi connectivity index (χ1n) is 8.29. The molecule has 1 heterocycles. The molecule has 0 radical (unpaired) electrons. The molecule has 25 heavy (non-hydrogen) atoms. The largest absolute Gasteiger partial charge is 0.366 e. The van der Waals surface area contributed by atoms with Crippen LogP contribution in [-0.2, 0) is 4.79 Å². The number of halogens is 1. The maximum atomic E-state index is 12.5. The maximum absolute atomic E-state index is 12.5. The van der Waals surface area contributed by atoms with E-state index < -0.39 is 5.91 Å². The van der Waals surface area contributed by atoms with Crippen LogP contribution in [0.3, 0.4) is 0 Å². The van der Waals surface area contributed by atoms with Gasteiger partial charge in [0, 0.05) is 34.0 Å². The van der Waals surface area contributed by atoms with Crippen molar-refractivity contribution in [2.45, 2.75) is 57.7 Å². The molecule has 0 unspecified atom stereocenters. The first-order valence-corrected chi connectivity index (χ1v) is 8.67. The topological polar surface area (TPSA) is 82.2 Å². The van der Waals surface area contributed by atoms with E-state index in [9.17, 15) is 10.1 Å². The van der Waals surface area contributed by atoms with E-state index in [4.69, 9.17) is 17.3 Å². The van der Waals surface area contributed by atoms with Gasteiger partial charge in [-0.2, -0.15) is 5.26 Å². The molecule has 3 N–H and O–H groups in total. The Labute approximate surface area is 154 Å². The van der Waals surface area contributed by atoms with Crippen molar-refractivity contribution < 1.29 is 4.79 Å². The summed E-state index contributed by atoms with van der Waals surface area (Å²) in [5.41, 5.74) is 6.34. The molecule has 0 bridgehead atoms. The van der Waals surface area contributed by atoms with Gasteiger partial charge in [-0.1, -0.05) is 11.6 Å². The summed E-state index contributed by atoms with van der Waals surface area (Å²) in [5.74, 6) is -0.439. The number of piperidine rings is 1. The molecule has 0 atom stereocenters. The van der Waals surface area contributed by atoms with E-state index >= 15 is 0 Å². The number of nitrogens with zero attached hydrogens (tertiary/aromatic N) is 2. The lowest BCUT2D eigenvalue weighted by atomic mass is 9.77. The van der Waals surface area contributed by atoms with E-state index in [1.165, 1.54) is 0 Å². The quantitative estimate of drug-likeness (QED) is 0.636. The van der Waals surface area contributed by atoms with E-state index in [1.54, 1.807) is 30.5 Å². The van der Waals surface area contributed by atoms with Crippen molar-refractivity contribution in [2.24, 2.45) is 5.73 Å². The van der Waals surface area contributed by atoms with Gasteiger partial charge in [-0.25, -0.2) is 0 Å². The molecule has 6 heteroatoms. The van der Waals surface area contributed by atoms with Crippen LogP contribution >= 0.6 is 11.6 Å². The Morgan fingerprint density at radius 3 is 2.28 bits per heavy atom. The Morgan fingerprint density at radius 2 is 1.80 bits per heavy atom. The summed E-state index contributed by atoms with van der Waals surface area (Å²) >= 11 is 5.85. The monoisotopic (exact) mass is 360 g/mol. The lowest BCUT2D eigenvalue weighted by Crippen LogP contribution is -2.61. The molecule has 5 nitrogen and oxygen atoms in total. The number of hydrogen-bond donors (Lipinski definition) is 2. The number of likely N-dealkylation sites (tertiary alicyclic amines) is 1. The van der Waals surface area contributed by atoms with Gasteiger partial charge in [-0.3, -0.25) is 4.79 Å². The van der Waals surface area contributed by atoms with Gasteiger partial charge in [0.2, 0.25) is 0 Å². The van der Waals surface area contributed by atoms with Crippen LogP contribution in [-0.4, -0.2) is 27.9 Å². The minimum Gasteiger partial charge on any atom is -0.366 e. The molecule has 1 aromatic rings. The Hall–Kier alpha value is -2.03. The van der Waals surface area contributed by atoms with Crippen molar-refractivity contribution in [1.82, 2.24) is 4.90 Å². The van der Waals surface area contributed by atoms with E-state index in [-0.39, 0.29) is 22.7 Å². The van der Waals surface area contributed by atoms with Crippen LogP contribution in [0.25, 0.3) is 0 Å². The number of amides is 1. The average molecular weight is 361 g/mol. The van der Waals surface area contributed by atoms with Crippen molar-refractivity contribution in [3.05, 3.63) is 41.1 Å². The van der Waals surface area contributed by atoms with Crippen LogP contribution in [0.4, 0.5) is 5.69 Å². The second-order valence-corrected chi connectivity index (χ2v) is 8.22. The van der Waals surface area contributed by atoms with Crippen LogP contribution in [0.2, 0.25) is 5.02 Å². The molecular formula is C19H25ClN4O. The summed E-state index contributed by atoms with van der Waals surface area (Å²) < 4.78 is 0. The summed E-state index contributed by atoms with van der Waals surface area (Å²) in [5, 5.41) is 12.8. The number of benzene rings is 1. The molecule has 1 aromatic carbocycles. The summed E-state index contributed by atoms with van der Waals surface area (Å²) in [6.45, 7) is 8.32. The van der Waals surface area contributed by atoms with Gasteiger partial charge in [0.15, 0.2) is 0 Å². The maximum Gasteiger partial charge on any atom is 0.267 e. The number of rotatable bonds is 3. The van der Waals surface area contributed by atoms with Crippen LogP contribution < -0.4 is 11.1 Å². The Morgan fingerprint density at radius 1 is 1.28 bits per heavy atom. The minimum absolute atomic E-state index is 0.0616. The number of carbonyl (C=O) groups is 1. The average Bonchev–Trinajstić information content (AvgIpc) is 2.47. The van der Waals surface area contributed by atoms with Crippen molar-refractivity contribution >= 4 is 23.2 Å². The summed E-state index contributed by atoms with van der Waals surface area (Å²) in [6.07, 6.45) is 3.26. The first-order chi connectivity index (χ1) is 11.5. The third-order valence-electron chi connectivity index (χ3n) is 4.55. The summed E-state index contributed by atoms with van der Waals surface area (Å²) in [6, 6.07) is 8.88. The number of carbonyl (C=O) groups excluding carboxylic acids is 1. The minimum atomic E-state index is -0.439. The fourth-order valence-corrected chi connectivity index (χ4v) is 3.85. The molecule has 0 spiro atoms. The zero-order chi connectivity index (χ0) is 18.8. The second-order valence-electron chi connectivity index (χ2n) is 7.78. The van der Waals surface area contributed by atoms with E-state index in [2.05, 4.69) is 37.9 Å². The standard InChI is InChI=1S/C19H25ClN4O/c1-18(2)9-15(22)10-19(3,4)24(18)12-13(11-21)17(25)23-16-7-5-14(20)6-8-16/h5-8,12,15H,9-10,22H2,1-4H3,(H,23,25)/b13-12-. The second kappa shape index (κ2) is 7.07. The van der Waals surface area contributed by atoms with E-state index in [0.29, 0.717) is 10.7 Å². The normalized spacial score (nSPS) is 20.0. The van der Waals surface area contributed by atoms with Gasteiger partial charge in [-0.15, -0.1) is 0 Å². The fourth-order valence-electron chi connectivity index (χ4n) is 3.72. The molecule has 1 saturated heterocycles. The van der Waals surface area contributed by atoms with Gasteiger partial charge in [0.05, 0.1) is 0 Å². The number of nitriles is 1. The molecule has 2 rings (SSSR count). The van der Waals surface area contributed by atoms with Gasteiger partial charge < -0.3 is 16.0 Å². The number of nitrogens with one attached hydrogen (secondary N) is 1. The molecule has 0 saturated carbocycles. The predicted molar refractivity (Wildman–Crippen MR) is 101 cm³/mol. The fraction of sp³-hybridized carbons (Fsp3) is 0.474. The molecule has 1 aliphatic rings. The Bertz CT molecular complexity index is 698. The van der Waals surface area contributed by atoms with Crippen molar-refractivity contribution in [1.29, 1.82) is 5.26 Å². The molecule has 0 aliphatic carbocycles. The summed E-state index contributed by atoms with van der Waals surface area (Å²) in [4.78, 5) is 14.6. The van der Waals surface area contributed by atoms with E-state index in [0.717, 1.165) is 12.8 Å². The van der Waals surface area contributed by atoms with Crippen LogP contribution in [0, 0.1) is 11.3 Å². The zero-order valence-corrected chi connectivity index (χ0v) is 15.9. The highest BCUT2D eigenvalue weighted by Crippen LogP contribution is 2.38. The van der Waals surface area contributed by atoms with E-state index in [1.807, 2.05) is 6.07 Å². The molecule has 1 amide bonds. The number of hydrogen-bond acceptors (Lipinski definition) is 4. The Balaban J connectivity index is 2.27. The van der Waals surface area contributed by atoms with Gasteiger partial charge >= 0.3 is 0 Å². The molecule has 1 fully saturated rings. The zero-order valence-electron chi connectivity index (χ0n) is 15.1. The van der Waals surface area contributed by atoms with Crippen LogP contribution in [0.5, 0.6) is 0 Å². The Kier molecular flexibility index (Phi) is 5.46. The third kappa shape index (κ3) is 4.53. The lowest BCUT2D eigenvalue weighted by molar-refractivity contribution is -0.112. The van der Waals surface area contributed by atoms with Gasteiger partial charge in [-0.05, 0) is 64.8 Å². The summed E-state index contributed by atoms with van der Waals surface area (Å²) in [7, 11) is 0. The smallest absolute Gasteiger partial charge is 0.267 e. The van der Waals surface area contributed by atoms with Gasteiger partial charge in [0.25, 0.3) is 5.91 Å². The number of anilines is 1. The van der Waals surface area contributed by atoms with Crippen molar-refractivity contribution in [3.63, 3.8) is 0 Å². The highest BCUT2D eigenvalue weighted by atomic mass is 35.5. The number of nitrogens with two attached hydrogens (primary N) is 1. The van der Waals surface area contributed by atoms with Crippen molar-refractivity contribution in [3.8, 4) is 6.07 Å². The highest BCUT2D eigenvalue weighted by molar-refractivity contribution is 6.30. The predicted octanol–water partition coefficient (Wildman–Crippen LogP) is 3.67. The molecule has 1 aliphatic heterocycles.